The summed E-state index contributed by atoms with van der Waals surface area (Å²) < 4.78 is 0. The van der Waals surface area contributed by atoms with Crippen LogP contribution in [0.15, 0.2) is 35.5 Å². The number of aliphatic imine (C=N–C) groups is 1. The van der Waals surface area contributed by atoms with Gasteiger partial charge in [0.15, 0.2) is 5.96 Å². The van der Waals surface area contributed by atoms with Crippen molar-refractivity contribution in [3.05, 3.63) is 36.0 Å². The van der Waals surface area contributed by atoms with Crippen LogP contribution in [0.5, 0.6) is 0 Å². The van der Waals surface area contributed by atoms with Crippen molar-refractivity contribution in [1.29, 1.82) is 0 Å². The average Bonchev–Trinajstić information content (AvgIpc) is 2.93. The second-order valence-corrected chi connectivity index (χ2v) is 7.61. The monoisotopic (exact) mass is 312 g/mol. The number of nitrogens with one attached hydrogen (secondary N) is 2. The van der Waals surface area contributed by atoms with Crippen LogP contribution >= 0.6 is 0 Å². The van der Waals surface area contributed by atoms with E-state index in [1.807, 2.05) is 7.05 Å². The Hall–Kier alpha value is -1.97. The number of nitrogens with zero attached hydrogens (tertiary/aromatic N) is 2. The zero-order valence-corrected chi connectivity index (χ0v) is 14.9. The number of aromatic nitrogens is 1. The molecule has 0 bridgehead atoms. The molecule has 0 amide bonds. The van der Waals surface area contributed by atoms with Crippen molar-refractivity contribution in [3.8, 4) is 0 Å². The van der Waals surface area contributed by atoms with Gasteiger partial charge in [0, 0.05) is 48.2 Å². The maximum absolute atomic E-state index is 4.48. The molecular formula is C19H28N4. The fourth-order valence-corrected chi connectivity index (χ4v) is 3.34. The largest absolute Gasteiger partial charge is 0.361 e. The Morgan fingerprint density at radius 1 is 1.26 bits per heavy atom. The van der Waals surface area contributed by atoms with E-state index >= 15 is 0 Å². The molecule has 1 aliphatic rings. The third kappa shape index (κ3) is 2.60. The Bertz CT molecular complexity index is 724. The van der Waals surface area contributed by atoms with Crippen LogP contribution < -0.4 is 5.32 Å². The van der Waals surface area contributed by atoms with Gasteiger partial charge in [0.1, 0.15) is 0 Å². The van der Waals surface area contributed by atoms with E-state index in [1.54, 1.807) is 0 Å². The topological polar surface area (TPSA) is 43.4 Å². The second kappa shape index (κ2) is 5.59. The number of aromatic amines is 1. The van der Waals surface area contributed by atoms with Gasteiger partial charge in [0.05, 0.1) is 0 Å². The standard InChI is InChI=1S/C19H28N4/c1-18(2)13-23(19(18,3)4)17(20-5)21-11-10-14-12-22-16-9-7-6-8-15(14)16/h6-9,12,22H,10-11,13H2,1-5H3,(H,20,21). The van der Waals surface area contributed by atoms with E-state index in [2.05, 4.69) is 78.4 Å². The summed E-state index contributed by atoms with van der Waals surface area (Å²) in [7, 11) is 1.87. The van der Waals surface area contributed by atoms with E-state index in [0.717, 1.165) is 25.5 Å². The van der Waals surface area contributed by atoms with Crippen LogP contribution in [0.4, 0.5) is 0 Å². The Morgan fingerprint density at radius 3 is 2.65 bits per heavy atom. The average molecular weight is 312 g/mol. The van der Waals surface area contributed by atoms with Crippen LogP contribution in [-0.4, -0.2) is 41.5 Å². The lowest BCUT2D eigenvalue weighted by atomic mass is 9.65. The maximum Gasteiger partial charge on any atom is 0.194 e. The molecule has 0 unspecified atom stereocenters. The number of fused-ring (bicyclic) bond motifs is 1. The van der Waals surface area contributed by atoms with Crippen molar-refractivity contribution >= 4 is 16.9 Å². The first kappa shape index (κ1) is 15.9. The molecule has 1 fully saturated rings. The fraction of sp³-hybridized carbons (Fsp3) is 0.526. The number of hydrogen-bond acceptors (Lipinski definition) is 1. The molecule has 0 aliphatic carbocycles. The lowest BCUT2D eigenvalue weighted by Gasteiger charge is -2.62. The number of H-pyrrole nitrogens is 1. The first-order valence-corrected chi connectivity index (χ1v) is 8.40. The van der Waals surface area contributed by atoms with E-state index in [1.165, 1.54) is 16.5 Å². The molecule has 2 heterocycles. The summed E-state index contributed by atoms with van der Waals surface area (Å²) in [6, 6.07) is 8.46. The number of rotatable bonds is 3. The van der Waals surface area contributed by atoms with Crippen LogP contribution in [0.1, 0.15) is 33.3 Å². The van der Waals surface area contributed by atoms with Crippen LogP contribution in [0, 0.1) is 5.41 Å². The minimum atomic E-state index is 0.135. The van der Waals surface area contributed by atoms with Crippen LogP contribution in [0.2, 0.25) is 0 Å². The van der Waals surface area contributed by atoms with E-state index in [-0.39, 0.29) is 5.54 Å². The van der Waals surface area contributed by atoms with Gasteiger partial charge in [-0.05, 0) is 31.9 Å². The number of guanidine groups is 1. The van der Waals surface area contributed by atoms with E-state index < -0.39 is 0 Å². The number of hydrogen-bond donors (Lipinski definition) is 2. The highest BCUT2D eigenvalue weighted by Gasteiger charge is 2.53. The molecule has 4 heteroatoms. The van der Waals surface area contributed by atoms with Crippen LogP contribution in [-0.2, 0) is 6.42 Å². The first-order chi connectivity index (χ1) is 10.9. The Labute approximate surface area is 139 Å². The quantitative estimate of drug-likeness (QED) is 0.674. The molecule has 1 aromatic heterocycles. The van der Waals surface area contributed by atoms with Gasteiger partial charge in [-0.15, -0.1) is 0 Å². The zero-order chi connectivity index (χ0) is 16.7. The Balaban J connectivity index is 1.62. The SMILES string of the molecule is CN=C(NCCc1c[nH]c2ccccc12)N1CC(C)(C)C1(C)C. The normalized spacial score (nSPS) is 19.7. The van der Waals surface area contributed by atoms with Crippen molar-refractivity contribution in [2.75, 3.05) is 20.1 Å². The van der Waals surface area contributed by atoms with Gasteiger partial charge in [-0.2, -0.15) is 0 Å². The summed E-state index contributed by atoms with van der Waals surface area (Å²) in [6.07, 6.45) is 3.10. The molecule has 0 spiro atoms. The number of para-hydroxylation sites is 1. The summed E-state index contributed by atoms with van der Waals surface area (Å²) in [5.41, 5.74) is 3.01. The smallest absolute Gasteiger partial charge is 0.194 e. The molecule has 3 rings (SSSR count). The van der Waals surface area contributed by atoms with Gasteiger partial charge >= 0.3 is 0 Å². The number of likely N-dealkylation sites (tertiary alicyclic amines) is 1. The summed E-state index contributed by atoms with van der Waals surface area (Å²) in [6.45, 7) is 11.2. The molecule has 2 aromatic rings. The highest BCUT2D eigenvalue weighted by molar-refractivity contribution is 5.84. The van der Waals surface area contributed by atoms with Crippen LogP contribution in [0.25, 0.3) is 10.9 Å². The molecule has 4 nitrogen and oxygen atoms in total. The second-order valence-electron chi connectivity index (χ2n) is 7.61. The summed E-state index contributed by atoms with van der Waals surface area (Å²) in [5.74, 6) is 1.01. The lowest BCUT2D eigenvalue weighted by molar-refractivity contribution is -0.0666. The molecule has 2 N–H and O–H groups in total. The summed E-state index contributed by atoms with van der Waals surface area (Å²) in [4.78, 5) is 10.2. The summed E-state index contributed by atoms with van der Waals surface area (Å²) in [5, 5.41) is 4.84. The molecule has 1 aromatic carbocycles. The lowest BCUT2D eigenvalue weighted by Crippen LogP contribution is -2.72. The van der Waals surface area contributed by atoms with Crippen molar-refractivity contribution < 1.29 is 0 Å². The van der Waals surface area contributed by atoms with Gasteiger partial charge in [-0.3, -0.25) is 4.99 Å². The predicted octanol–water partition coefficient (Wildman–Crippen LogP) is 3.41. The fourth-order valence-electron chi connectivity index (χ4n) is 3.34. The zero-order valence-electron chi connectivity index (χ0n) is 14.9. The van der Waals surface area contributed by atoms with Gasteiger partial charge in [0.25, 0.3) is 0 Å². The summed E-state index contributed by atoms with van der Waals surface area (Å²) >= 11 is 0. The van der Waals surface area contributed by atoms with E-state index in [9.17, 15) is 0 Å². The van der Waals surface area contributed by atoms with Crippen molar-refractivity contribution in [1.82, 2.24) is 15.2 Å². The molecule has 0 radical (unpaired) electrons. The predicted molar refractivity (Wildman–Crippen MR) is 97.9 cm³/mol. The highest BCUT2D eigenvalue weighted by atomic mass is 15.4. The minimum absolute atomic E-state index is 0.135. The van der Waals surface area contributed by atoms with Gasteiger partial charge in [0.2, 0.25) is 0 Å². The molecule has 0 saturated carbocycles. The Kier molecular flexibility index (Phi) is 3.86. The number of benzene rings is 1. The van der Waals surface area contributed by atoms with Crippen LogP contribution in [0.3, 0.4) is 0 Å². The highest BCUT2D eigenvalue weighted by Crippen LogP contribution is 2.46. The van der Waals surface area contributed by atoms with Crippen molar-refractivity contribution in [3.63, 3.8) is 0 Å². The van der Waals surface area contributed by atoms with Crippen molar-refractivity contribution in [2.24, 2.45) is 10.4 Å². The van der Waals surface area contributed by atoms with Gasteiger partial charge in [-0.25, -0.2) is 0 Å². The molecule has 0 atom stereocenters. The van der Waals surface area contributed by atoms with E-state index in [4.69, 9.17) is 0 Å². The Morgan fingerprint density at radius 2 is 2.00 bits per heavy atom. The third-order valence-corrected chi connectivity index (χ3v) is 5.70. The first-order valence-electron chi connectivity index (χ1n) is 8.40. The molecular weight excluding hydrogens is 284 g/mol. The van der Waals surface area contributed by atoms with Gasteiger partial charge < -0.3 is 15.2 Å². The molecule has 1 aliphatic heterocycles. The molecule has 23 heavy (non-hydrogen) atoms. The van der Waals surface area contributed by atoms with Gasteiger partial charge in [-0.1, -0.05) is 32.0 Å². The third-order valence-electron chi connectivity index (χ3n) is 5.70. The molecule has 1 saturated heterocycles. The van der Waals surface area contributed by atoms with E-state index in [0.29, 0.717) is 5.41 Å². The molecule has 124 valence electrons. The van der Waals surface area contributed by atoms with Crippen molar-refractivity contribution in [2.45, 2.75) is 39.7 Å². The maximum atomic E-state index is 4.48. The minimum Gasteiger partial charge on any atom is -0.361 e.